The van der Waals surface area contributed by atoms with Crippen molar-refractivity contribution in [3.8, 4) is 11.5 Å². The Hall–Kier alpha value is -2.61. The minimum atomic E-state index is -0.0554. The number of carbonyl (C=O) groups excluding carboxylic acids is 2. The van der Waals surface area contributed by atoms with Gasteiger partial charge in [-0.1, -0.05) is 0 Å². The lowest BCUT2D eigenvalue weighted by molar-refractivity contribution is 0.0537. The molecule has 0 saturated carbocycles. The first-order valence-electron chi connectivity index (χ1n) is 8.45. The smallest absolute Gasteiger partial charge is 0.265 e. The molecule has 4 rings (SSSR count). The molecule has 1 aromatic heterocycles. The van der Waals surface area contributed by atoms with Crippen LogP contribution in [0.25, 0.3) is 0 Å². The summed E-state index contributed by atoms with van der Waals surface area (Å²) in [7, 11) is 0. The molecule has 0 atom stereocenters. The summed E-state index contributed by atoms with van der Waals surface area (Å²) in [4.78, 5) is 34.0. The highest BCUT2D eigenvalue weighted by Crippen LogP contribution is 2.33. The third kappa shape index (κ3) is 3.01. The van der Waals surface area contributed by atoms with E-state index in [1.807, 2.05) is 13.8 Å². The molecular formula is C18H19N3O4S. The van der Waals surface area contributed by atoms with Crippen molar-refractivity contribution < 1.29 is 19.1 Å². The molecule has 8 heteroatoms. The fourth-order valence-electron chi connectivity index (χ4n) is 3.20. The van der Waals surface area contributed by atoms with Gasteiger partial charge in [-0.2, -0.15) is 0 Å². The number of ether oxygens (including phenoxy) is 2. The van der Waals surface area contributed by atoms with Crippen LogP contribution in [0.2, 0.25) is 0 Å². The van der Waals surface area contributed by atoms with E-state index in [-0.39, 0.29) is 18.6 Å². The lowest BCUT2D eigenvalue weighted by Gasteiger charge is -2.34. The first-order chi connectivity index (χ1) is 12.5. The maximum absolute atomic E-state index is 12.7. The van der Waals surface area contributed by atoms with Crippen LogP contribution >= 0.6 is 11.3 Å². The van der Waals surface area contributed by atoms with Crippen LogP contribution in [0.3, 0.4) is 0 Å². The molecule has 7 nitrogen and oxygen atoms in total. The molecule has 2 aliphatic rings. The van der Waals surface area contributed by atoms with E-state index >= 15 is 0 Å². The third-order valence-corrected chi connectivity index (χ3v) is 5.63. The number of fused-ring (bicyclic) bond motifs is 1. The van der Waals surface area contributed by atoms with E-state index in [0.29, 0.717) is 48.1 Å². The second-order valence-electron chi connectivity index (χ2n) is 6.30. The highest BCUT2D eigenvalue weighted by molar-refractivity contribution is 7.13. The molecule has 0 N–H and O–H groups in total. The van der Waals surface area contributed by atoms with Crippen LogP contribution < -0.4 is 9.47 Å². The van der Waals surface area contributed by atoms with Crippen LogP contribution in [0.5, 0.6) is 11.5 Å². The van der Waals surface area contributed by atoms with Gasteiger partial charge in [0.1, 0.15) is 4.88 Å². The standard InChI is InChI=1S/C18H19N3O4S/c1-11-16(26-12(2)19-11)18(23)21-7-5-20(6-8-21)17(22)13-3-4-14-15(9-13)25-10-24-14/h3-4,9H,5-8,10H2,1-2H3. The van der Waals surface area contributed by atoms with Gasteiger partial charge in [-0.15, -0.1) is 11.3 Å². The molecule has 0 radical (unpaired) electrons. The minimum Gasteiger partial charge on any atom is -0.454 e. The number of piperazine rings is 1. The molecule has 0 spiro atoms. The minimum absolute atomic E-state index is 0.00304. The molecule has 0 bridgehead atoms. The fraction of sp³-hybridized carbons (Fsp3) is 0.389. The Bertz CT molecular complexity index is 871. The lowest BCUT2D eigenvalue weighted by Crippen LogP contribution is -2.50. The number of rotatable bonds is 2. The number of carbonyl (C=O) groups is 2. The molecule has 1 fully saturated rings. The van der Waals surface area contributed by atoms with Gasteiger partial charge >= 0.3 is 0 Å². The molecule has 136 valence electrons. The maximum Gasteiger partial charge on any atom is 0.265 e. The number of hydrogen-bond donors (Lipinski definition) is 0. The molecule has 0 aliphatic carbocycles. The zero-order valence-corrected chi connectivity index (χ0v) is 15.5. The van der Waals surface area contributed by atoms with Gasteiger partial charge in [0.2, 0.25) is 6.79 Å². The Morgan fingerprint density at radius 3 is 2.31 bits per heavy atom. The van der Waals surface area contributed by atoms with Gasteiger partial charge in [0.25, 0.3) is 11.8 Å². The molecule has 2 aliphatic heterocycles. The molecule has 1 aromatic carbocycles. The van der Waals surface area contributed by atoms with Crippen LogP contribution in [-0.2, 0) is 0 Å². The number of hydrogen-bond acceptors (Lipinski definition) is 6. The van der Waals surface area contributed by atoms with Crippen molar-refractivity contribution in [2.45, 2.75) is 13.8 Å². The molecule has 3 heterocycles. The monoisotopic (exact) mass is 373 g/mol. The fourth-order valence-corrected chi connectivity index (χ4v) is 4.09. The van der Waals surface area contributed by atoms with Crippen LogP contribution in [-0.4, -0.2) is 59.6 Å². The van der Waals surface area contributed by atoms with Gasteiger partial charge in [-0.25, -0.2) is 4.98 Å². The summed E-state index contributed by atoms with van der Waals surface area (Å²) < 4.78 is 10.6. The number of aromatic nitrogens is 1. The van der Waals surface area contributed by atoms with E-state index in [1.165, 1.54) is 11.3 Å². The van der Waals surface area contributed by atoms with Gasteiger partial charge in [0.15, 0.2) is 11.5 Å². The number of nitrogens with zero attached hydrogens (tertiary/aromatic N) is 3. The molecule has 0 unspecified atom stereocenters. The van der Waals surface area contributed by atoms with Gasteiger partial charge in [-0.05, 0) is 32.0 Å². The van der Waals surface area contributed by atoms with E-state index in [1.54, 1.807) is 28.0 Å². The van der Waals surface area contributed by atoms with Crippen molar-refractivity contribution in [2.75, 3.05) is 33.0 Å². The number of amides is 2. The van der Waals surface area contributed by atoms with Gasteiger partial charge in [0, 0.05) is 31.7 Å². The number of aryl methyl sites for hydroxylation is 2. The van der Waals surface area contributed by atoms with Gasteiger partial charge < -0.3 is 19.3 Å². The van der Waals surface area contributed by atoms with Crippen molar-refractivity contribution >= 4 is 23.2 Å². The van der Waals surface area contributed by atoms with Crippen LogP contribution in [0.4, 0.5) is 0 Å². The Kier molecular flexibility index (Phi) is 4.28. The van der Waals surface area contributed by atoms with Crippen molar-refractivity contribution in [3.63, 3.8) is 0 Å². The molecular weight excluding hydrogens is 354 g/mol. The average molecular weight is 373 g/mol. The second kappa shape index (κ2) is 6.60. The number of thiazole rings is 1. The highest BCUT2D eigenvalue weighted by atomic mass is 32.1. The summed E-state index contributed by atoms with van der Waals surface area (Å²) in [5, 5.41) is 0.891. The quantitative estimate of drug-likeness (QED) is 0.806. The average Bonchev–Trinajstić information content (AvgIpc) is 3.25. The topological polar surface area (TPSA) is 72.0 Å². The summed E-state index contributed by atoms with van der Waals surface area (Å²) in [6.45, 7) is 6.00. The molecule has 2 aromatic rings. The Morgan fingerprint density at radius 1 is 1.00 bits per heavy atom. The van der Waals surface area contributed by atoms with E-state index in [2.05, 4.69) is 4.98 Å². The Morgan fingerprint density at radius 2 is 1.65 bits per heavy atom. The van der Waals surface area contributed by atoms with Gasteiger partial charge in [-0.3, -0.25) is 9.59 Å². The summed E-state index contributed by atoms with van der Waals surface area (Å²) in [6.07, 6.45) is 0. The number of benzene rings is 1. The first kappa shape index (κ1) is 16.8. The largest absolute Gasteiger partial charge is 0.454 e. The van der Waals surface area contributed by atoms with E-state index in [9.17, 15) is 9.59 Å². The highest BCUT2D eigenvalue weighted by Gasteiger charge is 2.28. The predicted molar refractivity (Wildman–Crippen MR) is 96.0 cm³/mol. The van der Waals surface area contributed by atoms with Gasteiger partial charge in [0.05, 0.1) is 10.7 Å². The molecule has 1 saturated heterocycles. The lowest BCUT2D eigenvalue weighted by atomic mass is 10.1. The predicted octanol–water partition coefficient (Wildman–Crippen LogP) is 2.09. The van der Waals surface area contributed by atoms with Crippen molar-refractivity contribution in [3.05, 3.63) is 39.3 Å². The van der Waals surface area contributed by atoms with E-state index in [4.69, 9.17) is 9.47 Å². The van der Waals surface area contributed by atoms with E-state index < -0.39 is 0 Å². The summed E-state index contributed by atoms with van der Waals surface area (Å²) >= 11 is 1.42. The van der Waals surface area contributed by atoms with Crippen LogP contribution in [0.1, 0.15) is 30.7 Å². The maximum atomic E-state index is 12.7. The van der Waals surface area contributed by atoms with Crippen LogP contribution in [0.15, 0.2) is 18.2 Å². The SMILES string of the molecule is Cc1nc(C)c(C(=O)N2CCN(C(=O)c3ccc4c(c3)OCO4)CC2)s1. The second-order valence-corrected chi connectivity index (χ2v) is 7.50. The third-order valence-electron chi connectivity index (χ3n) is 4.57. The summed E-state index contributed by atoms with van der Waals surface area (Å²) in [5.74, 6) is 1.20. The Balaban J connectivity index is 1.41. The normalized spacial score (nSPS) is 16.1. The Labute approximate surface area is 155 Å². The molecule has 2 amide bonds. The molecule has 26 heavy (non-hydrogen) atoms. The van der Waals surface area contributed by atoms with Crippen molar-refractivity contribution in [1.29, 1.82) is 0 Å². The zero-order valence-electron chi connectivity index (χ0n) is 14.7. The van der Waals surface area contributed by atoms with E-state index in [0.717, 1.165) is 10.7 Å². The summed E-state index contributed by atoms with van der Waals surface area (Å²) in [6, 6.07) is 5.22. The van der Waals surface area contributed by atoms with Crippen molar-refractivity contribution in [2.24, 2.45) is 0 Å². The zero-order chi connectivity index (χ0) is 18.3. The first-order valence-corrected chi connectivity index (χ1v) is 9.27. The van der Waals surface area contributed by atoms with Crippen molar-refractivity contribution in [1.82, 2.24) is 14.8 Å². The van der Waals surface area contributed by atoms with Crippen LogP contribution in [0, 0.1) is 13.8 Å². The summed E-state index contributed by atoms with van der Waals surface area (Å²) in [5.41, 5.74) is 1.35.